The Hall–Kier alpha value is -1.35. The van der Waals surface area contributed by atoms with Gasteiger partial charge < -0.3 is 10.3 Å². The number of rotatable bonds is 4. The lowest BCUT2D eigenvalue weighted by atomic mass is 10.1. The fourth-order valence-electron chi connectivity index (χ4n) is 2.97. The smallest absolute Gasteiger partial charge is 0.108 e. The molecule has 0 radical (unpaired) electrons. The minimum absolute atomic E-state index is 0.744. The van der Waals surface area contributed by atoms with Crippen molar-refractivity contribution in [2.75, 3.05) is 6.54 Å². The number of H-pyrrole nitrogens is 1. The molecule has 3 heteroatoms. The van der Waals surface area contributed by atoms with Gasteiger partial charge in [-0.1, -0.05) is 12.8 Å². The quantitative estimate of drug-likeness (QED) is 0.882. The maximum absolute atomic E-state index is 4.68. The van der Waals surface area contributed by atoms with E-state index in [-0.39, 0.29) is 0 Å². The van der Waals surface area contributed by atoms with Crippen molar-refractivity contribution in [3.05, 3.63) is 29.1 Å². The first-order valence-electron chi connectivity index (χ1n) is 7.41. The predicted molar refractivity (Wildman–Crippen MR) is 79.5 cm³/mol. The molecule has 19 heavy (non-hydrogen) atoms. The Bertz CT molecular complexity index is 526. The van der Waals surface area contributed by atoms with E-state index in [1.165, 1.54) is 42.3 Å². The number of nitrogens with zero attached hydrogens (tertiary/aromatic N) is 1. The van der Waals surface area contributed by atoms with Crippen molar-refractivity contribution in [2.45, 2.75) is 52.0 Å². The molecule has 1 fully saturated rings. The van der Waals surface area contributed by atoms with Crippen molar-refractivity contribution in [2.24, 2.45) is 0 Å². The Morgan fingerprint density at radius 2 is 1.95 bits per heavy atom. The summed E-state index contributed by atoms with van der Waals surface area (Å²) in [5, 5.41) is 3.64. The summed E-state index contributed by atoms with van der Waals surface area (Å²) < 4.78 is 0. The molecule has 2 aromatic rings. The van der Waals surface area contributed by atoms with Crippen molar-refractivity contribution in [1.82, 2.24) is 15.3 Å². The fraction of sp³-hybridized carbons (Fsp3) is 0.562. The van der Waals surface area contributed by atoms with Crippen LogP contribution in [-0.4, -0.2) is 22.6 Å². The van der Waals surface area contributed by atoms with Gasteiger partial charge in [-0.15, -0.1) is 0 Å². The maximum atomic E-state index is 4.68. The van der Waals surface area contributed by atoms with Crippen LogP contribution in [0.2, 0.25) is 0 Å². The third-order valence-corrected chi connectivity index (χ3v) is 4.30. The van der Waals surface area contributed by atoms with Crippen LogP contribution >= 0.6 is 0 Å². The zero-order valence-electron chi connectivity index (χ0n) is 11.9. The molecule has 1 aliphatic rings. The van der Waals surface area contributed by atoms with Gasteiger partial charge in [-0.25, -0.2) is 4.98 Å². The highest BCUT2D eigenvalue weighted by atomic mass is 15.0. The van der Waals surface area contributed by atoms with E-state index in [0.717, 1.165) is 30.3 Å². The highest BCUT2D eigenvalue weighted by Gasteiger charge is 2.13. The molecule has 0 bridgehead atoms. The van der Waals surface area contributed by atoms with Crippen molar-refractivity contribution in [1.29, 1.82) is 0 Å². The molecule has 0 spiro atoms. The van der Waals surface area contributed by atoms with E-state index in [9.17, 15) is 0 Å². The number of fused-ring (bicyclic) bond motifs is 1. The first-order chi connectivity index (χ1) is 9.22. The lowest BCUT2D eigenvalue weighted by Gasteiger charge is -2.10. The average Bonchev–Trinajstić information content (AvgIpc) is 2.99. The number of nitrogens with one attached hydrogen (secondary N) is 2. The summed E-state index contributed by atoms with van der Waals surface area (Å²) in [5.74, 6) is 1.10. The molecule has 0 atom stereocenters. The van der Waals surface area contributed by atoms with Gasteiger partial charge in [0.25, 0.3) is 0 Å². The third-order valence-electron chi connectivity index (χ3n) is 4.30. The lowest BCUT2D eigenvalue weighted by Crippen LogP contribution is -2.28. The lowest BCUT2D eigenvalue weighted by molar-refractivity contribution is 0.524. The van der Waals surface area contributed by atoms with Gasteiger partial charge in [0.2, 0.25) is 0 Å². The van der Waals surface area contributed by atoms with Crippen LogP contribution in [0.4, 0.5) is 0 Å². The largest absolute Gasteiger partial charge is 0.342 e. The van der Waals surface area contributed by atoms with Gasteiger partial charge in [-0.2, -0.15) is 0 Å². The molecule has 3 nitrogen and oxygen atoms in total. The molecular formula is C16H23N3. The topological polar surface area (TPSA) is 40.7 Å². The number of hydrogen-bond donors (Lipinski definition) is 2. The van der Waals surface area contributed by atoms with Crippen LogP contribution in [0.15, 0.2) is 12.1 Å². The van der Waals surface area contributed by atoms with Crippen LogP contribution in [-0.2, 0) is 6.42 Å². The summed E-state index contributed by atoms with van der Waals surface area (Å²) in [6.07, 6.45) is 6.46. The monoisotopic (exact) mass is 257 g/mol. The molecule has 1 heterocycles. The molecule has 0 amide bonds. The number of aryl methyl sites for hydroxylation is 2. The number of hydrogen-bond acceptors (Lipinski definition) is 2. The minimum Gasteiger partial charge on any atom is -0.342 e. The summed E-state index contributed by atoms with van der Waals surface area (Å²) in [6, 6.07) is 5.12. The van der Waals surface area contributed by atoms with Gasteiger partial charge in [0, 0.05) is 19.0 Å². The van der Waals surface area contributed by atoms with E-state index in [1.54, 1.807) is 0 Å². The van der Waals surface area contributed by atoms with Crippen LogP contribution in [0.25, 0.3) is 11.0 Å². The second-order valence-corrected chi connectivity index (χ2v) is 5.82. The van der Waals surface area contributed by atoms with Crippen LogP contribution in [0, 0.1) is 13.8 Å². The number of aromatic amines is 1. The van der Waals surface area contributed by atoms with Crippen molar-refractivity contribution < 1.29 is 0 Å². The fourth-order valence-corrected chi connectivity index (χ4v) is 2.97. The second-order valence-electron chi connectivity index (χ2n) is 5.82. The van der Waals surface area contributed by atoms with Gasteiger partial charge in [0.15, 0.2) is 0 Å². The summed E-state index contributed by atoms with van der Waals surface area (Å²) >= 11 is 0. The first-order valence-corrected chi connectivity index (χ1v) is 7.41. The average molecular weight is 257 g/mol. The molecule has 3 rings (SSSR count). The van der Waals surface area contributed by atoms with Crippen LogP contribution in [0.3, 0.4) is 0 Å². The highest BCUT2D eigenvalue weighted by molar-refractivity contribution is 5.77. The van der Waals surface area contributed by atoms with Crippen molar-refractivity contribution in [3.8, 4) is 0 Å². The van der Waals surface area contributed by atoms with E-state index in [1.807, 2.05) is 0 Å². The number of benzene rings is 1. The van der Waals surface area contributed by atoms with E-state index in [0.29, 0.717) is 0 Å². The highest BCUT2D eigenvalue weighted by Crippen LogP contribution is 2.19. The molecule has 1 aromatic heterocycles. The molecule has 102 valence electrons. The van der Waals surface area contributed by atoms with Gasteiger partial charge in [0.05, 0.1) is 11.0 Å². The second kappa shape index (κ2) is 5.33. The Labute approximate surface area is 114 Å². The Balaban J connectivity index is 1.64. The maximum Gasteiger partial charge on any atom is 0.108 e. The molecule has 1 saturated carbocycles. The summed E-state index contributed by atoms with van der Waals surface area (Å²) in [4.78, 5) is 8.12. The normalized spacial score (nSPS) is 16.5. The van der Waals surface area contributed by atoms with Gasteiger partial charge in [-0.3, -0.25) is 0 Å². The van der Waals surface area contributed by atoms with Gasteiger partial charge in [0.1, 0.15) is 5.82 Å². The molecule has 0 unspecified atom stereocenters. The van der Waals surface area contributed by atoms with Crippen molar-refractivity contribution >= 4 is 11.0 Å². The Morgan fingerprint density at radius 1 is 1.21 bits per heavy atom. The number of imidazole rings is 1. The van der Waals surface area contributed by atoms with Crippen LogP contribution in [0.1, 0.15) is 42.6 Å². The SMILES string of the molecule is Cc1cc2nc(CCNC3CCCC3)[nH]c2cc1C. The third kappa shape index (κ3) is 2.81. The van der Waals surface area contributed by atoms with Gasteiger partial charge in [-0.05, 0) is 49.9 Å². The summed E-state index contributed by atoms with van der Waals surface area (Å²) in [7, 11) is 0. The van der Waals surface area contributed by atoms with Crippen LogP contribution < -0.4 is 5.32 Å². The molecule has 0 saturated heterocycles. The van der Waals surface area contributed by atoms with Crippen LogP contribution in [0.5, 0.6) is 0 Å². The Morgan fingerprint density at radius 3 is 2.74 bits per heavy atom. The van der Waals surface area contributed by atoms with E-state index in [2.05, 4.69) is 41.3 Å². The van der Waals surface area contributed by atoms with E-state index >= 15 is 0 Å². The standard InChI is InChI=1S/C16H23N3/c1-11-9-14-15(10-12(11)2)19-16(18-14)7-8-17-13-5-3-4-6-13/h9-10,13,17H,3-8H2,1-2H3,(H,18,19). The Kier molecular flexibility index (Phi) is 3.56. The zero-order chi connectivity index (χ0) is 13.2. The first kappa shape index (κ1) is 12.7. The molecule has 1 aromatic carbocycles. The zero-order valence-corrected chi connectivity index (χ0v) is 11.9. The molecule has 2 N–H and O–H groups in total. The van der Waals surface area contributed by atoms with E-state index < -0.39 is 0 Å². The minimum atomic E-state index is 0.744. The molecular weight excluding hydrogens is 234 g/mol. The van der Waals surface area contributed by atoms with E-state index in [4.69, 9.17) is 0 Å². The predicted octanol–water partition coefficient (Wildman–Crippen LogP) is 3.25. The summed E-state index contributed by atoms with van der Waals surface area (Å²) in [5.41, 5.74) is 4.90. The van der Waals surface area contributed by atoms with Gasteiger partial charge >= 0.3 is 0 Å². The van der Waals surface area contributed by atoms with Crippen molar-refractivity contribution in [3.63, 3.8) is 0 Å². The summed E-state index contributed by atoms with van der Waals surface area (Å²) in [6.45, 7) is 5.32. The molecule has 1 aliphatic carbocycles. The number of aromatic nitrogens is 2. The molecule has 0 aliphatic heterocycles.